The van der Waals surface area contributed by atoms with Crippen LogP contribution in [0.3, 0.4) is 0 Å². The predicted molar refractivity (Wildman–Crippen MR) is 95.9 cm³/mol. The Morgan fingerprint density at radius 3 is 2.91 bits per heavy atom. The third-order valence-electron chi connectivity index (χ3n) is 3.59. The van der Waals surface area contributed by atoms with Crippen molar-refractivity contribution < 1.29 is 4.74 Å². The maximum absolute atomic E-state index is 5.10. The Morgan fingerprint density at radius 1 is 1.22 bits per heavy atom. The molecule has 2 heterocycles. The number of methoxy groups -OCH3 is 1. The highest BCUT2D eigenvalue weighted by Crippen LogP contribution is 2.23. The summed E-state index contributed by atoms with van der Waals surface area (Å²) in [4.78, 5) is 13.5. The van der Waals surface area contributed by atoms with Crippen LogP contribution in [0.5, 0.6) is 0 Å². The molecule has 2 aromatic heterocycles. The number of rotatable bonds is 6. The molecule has 1 N–H and O–H groups in total. The first kappa shape index (κ1) is 15.4. The van der Waals surface area contributed by atoms with Gasteiger partial charge in [0, 0.05) is 43.6 Å². The van der Waals surface area contributed by atoms with E-state index < -0.39 is 0 Å². The molecule has 0 saturated heterocycles. The van der Waals surface area contributed by atoms with E-state index in [1.54, 1.807) is 19.5 Å². The molecule has 0 saturated carbocycles. The molecule has 1 aromatic carbocycles. The number of nitrogens with zero attached hydrogens (tertiary/aromatic N) is 3. The van der Waals surface area contributed by atoms with Gasteiger partial charge < -0.3 is 10.1 Å². The number of hydrogen-bond donors (Lipinski definition) is 1. The number of fused-ring (bicyclic) bond motifs is 1. The van der Waals surface area contributed by atoms with Gasteiger partial charge in [-0.1, -0.05) is 17.6 Å². The normalized spacial score (nSPS) is 10.8. The van der Waals surface area contributed by atoms with Crippen molar-refractivity contribution in [3.05, 3.63) is 42.7 Å². The summed E-state index contributed by atoms with van der Waals surface area (Å²) in [7, 11) is 3.78. The van der Waals surface area contributed by atoms with E-state index in [9.17, 15) is 0 Å². The molecular formula is C17H19BN4O. The highest BCUT2D eigenvalue weighted by Gasteiger charge is 2.09. The Kier molecular flexibility index (Phi) is 4.83. The number of aromatic nitrogens is 3. The van der Waals surface area contributed by atoms with Gasteiger partial charge in [0.2, 0.25) is 0 Å². The molecule has 0 unspecified atom stereocenters. The minimum absolute atomic E-state index is 0.684. The fraction of sp³-hybridized carbons (Fsp3) is 0.235. The van der Waals surface area contributed by atoms with Gasteiger partial charge in [0.25, 0.3) is 0 Å². The predicted octanol–water partition coefficient (Wildman–Crippen LogP) is 1.40. The molecule has 0 fully saturated rings. The topological polar surface area (TPSA) is 59.9 Å². The number of nitrogens with one attached hydrogen (secondary N) is 1. The van der Waals surface area contributed by atoms with Crippen molar-refractivity contribution in [3.8, 4) is 11.4 Å². The van der Waals surface area contributed by atoms with Gasteiger partial charge in [0.1, 0.15) is 13.7 Å². The highest BCUT2D eigenvalue weighted by atomic mass is 16.5. The number of benzene rings is 1. The molecule has 3 aromatic rings. The average molecular weight is 306 g/mol. The molecule has 0 spiro atoms. The molecule has 0 radical (unpaired) electrons. The van der Waals surface area contributed by atoms with Gasteiger partial charge in [-0.25, -0.2) is 9.97 Å². The number of hydrogen-bond acceptors (Lipinski definition) is 5. The van der Waals surface area contributed by atoms with Crippen molar-refractivity contribution in [2.45, 2.75) is 6.42 Å². The smallest absolute Gasteiger partial charge is 0.163 e. The maximum atomic E-state index is 5.10. The van der Waals surface area contributed by atoms with Gasteiger partial charge in [0.05, 0.1) is 5.52 Å². The van der Waals surface area contributed by atoms with Gasteiger partial charge in [0.15, 0.2) is 5.82 Å². The van der Waals surface area contributed by atoms with Crippen LogP contribution in [0, 0.1) is 0 Å². The molecule has 3 rings (SSSR count). The van der Waals surface area contributed by atoms with E-state index in [-0.39, 0.29) is 0 Å². The molecule has 116 valence electrons. The summed E-state index contributed by atoms with van der Waals surface area (Å²) in [5.41, 5.74) is 3.03. The summed E-state index contributed by atoms with van der Waals surface area (Å²) >= 11 is 0. The van der Waals surface area contributed by atoms with E-state index in [0.29, 0.717) is 5.82 Å². The Hall–Kier alpha value is -2.47. The number of ether oxygens (including phenoxy) is 1. The molecule has 0 amide bonds. The average Bonchev–Trinajstić information content (AvgIpc) is 2.59. The van der Waals surface area contributed by atoms with Crippen molar-refractivity contribution in [2.24, 2.45) is 0 Å². The van der Waals surface area contributed by atoms with E-state index in [2.05, 4.69) is 35.3 Å². The minimum Gasteiger partial charge on any atom is -0.385 e. The number of pyridine rings is 1. The second-order valence-corrected chi connectivity index (χ2v) is 5.43. The summed E-state index contributed by atoms with van der Waals surface area (Å²) in [5, 5.41) is 4.45. The Bertz CT molecular complexity index is 795. The Morgan fingerprint density at radius 2 is 2.13 bits per heavy atom. The van der Waals surface area contributed by atoms with Gasteiger partial charge in [-0.3, -0.25) is 4.98 Å². The van der Waals surface area contributed by atoms with Crippen LogP contribution in [-0.2, 0) is 4.74 Å². The zero-order valence-electron chi connectivity index (χ0n) is 13.4. The first-order valence-electron chi connectivity index (χ1n) is 7.69. The third-order valence-corrected chi connectivity index (χ3v) is 3.59. The van der Waals surface area contributed by atoms with E-state index in [1.165, 1.54) is 5.46 Å². The van der Waals surface area contributed by atoms with Crippen molar-refractivity contribution >= 4 is 30.0 Å². The lowest BCUT2D eigenvalue weighted by molar-refractivity contribution is 0.198. The lowest BCUT2D eigenvalue weighted by atomic mass is 9.95. The molecule has 23 heavy (non-hydrogen) atoms. The first-order chi connectivity index (χ1) is 11.3. The first-order valence-corrected chi connectivity index (χ1v) is 7.69. The van der Waals surface area contributed by atoms with Crippen LogP contribution < -0.4 is 10.8 Å². The molecule has 0 aliphatic carbocycles. The van der Waals surface area contributed by atoms with Crippen LogP contribution in [0.15, 0.2) is 42.7 Å². The SMILES string of the molecule is Bc1ccc2nc(-c3cccnc3)nc(NCCCOC)c2c1. The third kappa shape index (κ3) is 3.66. The van der Waals surface area contributed by atoms with Gasteiger partial charge >= 0.3 is 0 Å². The molecular weight excluding hydrogens is 287 g/mol. The quantitative estimate of drug-likeness (QED) is 0.551. The summed E-state index contributed by atoms with van der Waals surface area (Å²) in [6.07, 6.45) is 4.46. The van der Waals surface area contributed by atoms with E-state index in [4.69, 9.17) is 9.72 Å². The maximum Gasteiger partial charge on any atom is 0.163 e. The standard InChI is InChI=1S/C17H19BN4O/c1-23-9-3-8-20-17-14-10-13(18)5-6-15(14)21-16(22-17)12-4-2-7-19-11-12/h2,4-7,10-11H,3,8-9,18H2,1H3,(H,20,21,22). The molecule has 0 aliphatic heterocycles. The van der Waals surface area contributed by atoms with E-state index in [1.807, 2.05) is 18.2 Å². The fourth-order valence-electron chi connectivity index (χ4n) is 2.42. The Labute approximate surface area is 136 Å². The van der Waals surface area contributed by atoms with Crippen LogP contribution in [0.25, 0.3) is 22.3 Å². The fourth-order valence-corrected chi connectivity index (χ4v) is 2.42. The largest absolute Gasteiger partial charge is 0.385 e. The summed E-state index contributed by atoms with van der Waals surface area (Å²) in [6.45, 7) is 1.53. The van der Waals surface area contributed by atoms with Crippen LogP contribution >= 0.6 is 0 Å². The van der Waals surface area contributed by atoms with Crippen molar-refractivity contribution in [2.75, 3.05) is 25.6 Å². The number of anilines is 1. The molecule has 0 bridgehead atoms. The molecule has 0 aliphatic rings. The van der Waals surface area contributed by atoms with E-state index in [0.717, 1.165) is 41.9 Å². The summed E-state index contributed by atoms with van der Waals surface area (Å²) in [5.74, 6) is 1.54. The summed E-state index contributed by atoms with van der Waals surface area (Å²) < 4.78 is 5.10. The highest BCUT2D eigenvalue weighted by molar-refractivity contribution is 6.33. The zero-order valence-corrected chi connectivity index (χ0v) is 13.4. The van der Waals surface area contributed by atoms with Crippen molar-refractivity contribution in [1.82, 2.24) is 15.0 Å². The summed E-state index contributed by atoms with van der Waals surface area (Å²) in [6, 6.07) is 10.1. The Balaban J connectivity index is 2.01. The van der Waals surface area contributed by atoms with Crippen LogP contribution in [0.4, 0.5) is 5.82 Å². The van der Waals surface area contributed by atoms with Crippen LogP contribution in [0.2, 0.25) is 0 Å². The second kappa shape index (κ2) is 7.20. The van der Waals surface area contributed by atoms with Crippen LogP contribution in [0.1, 0.15) is 6.42 Å². The minimum atomic E-state index is 0.684. The van der Waals surface area contributed by atoms with Gasteiger partial charge in [-0.15, -0.1) is 0 Å². The second-order valence-electron chi connectivity index (χ2n) is 5.43. The zero-order chi connectivity index (χ0) is 16.1. The van der Waals surface area contributed by atoms with Crippen molar-refractivity contribution in [1.29, 1.82) is 0 Å². The van der Waals surface area contributed by atoms with Gasteiger partial charge in [-0.2, -0.15) is 0 Å². The lowest BCUT2D eigenvalue weighted by Crippen LogP contribution is -2.09. The van der Waals surface area contributed by atoms with Gasteiger partial charge in [-0.05, 0) is 24.6 Å². The monoisotopic (exact) mass is 306 g/mol. The molecule has 0 atom stereocenters. The van der Waals surface area contributed by atoms with Crippen LogP contribution in [-0.4, -0.2) is 43.1 Å². The molecule has 6 heteroatoms. The van der Waals surface area contributed by atoms with E-state index >= 15 is 0 Å². The van der Waals surface area contributed by atoms with Crippen molar-refractivity contribution in [3.63, 3.8) is 0 Å². The lowest BCUT2D eigenvalue weighted by Gasteiger charge is -2.11. The molecule has 5 nitrogen and oxygen atoms in total.